The fourth-order valence-corrected chi connectivity index (χ4v) is 8.66. The Morgan fingerprint density at radius 3 is 2.62 bits per heavy atom. The lowest BCUT2D eigenvalue weighted by atomic mass is 10.1. The van der Waals surface area contributed by atoms with Crippen LogP contribution in [0.3, 0.4) is 0 Å². The van der Waals surface area contributed by atoms with E-state index in [4.69, 9.17) is 23.6 Å². The predicted molar refractivity (Wildman–Crippen MR) is 190 cm³/mol. The number of aryl methyl sites for hydroxylation is 3. The van der Waals surface area contributed by atoms with E-state index in [1.807, 2.05) is 38.1 Å². The molecule has 3 amide bonds. The number of methoxy groups -OCH3 is 1. The van der Waals surface area contributed by atoms with E-state index in [0.29, 0.717) is 64.9 Å². The molecule has 4 heterocycles. The number of nitrogens with zero attached hydrogens (tertiary/aromatic N) is 3. The van der Waals surface area contributed by atoms with Crippen LogP contribution in [0.25, 0.3) is 22.3 Å². The number of oxazole rings is 1. The molecule has 2 N–H and O–H groups in total. The van der Waals surface area contributed by atoms with Gasteiger partial charge >= 0.3 is 0 Å². The average molecular weight is 736 g/mol. The first kappa shape index (κ1) is 35.9. The van der Waals surface area contributed by atoms with Crippen molar-refractivity contribution in [3.05, 3.63) is 47.6 Å². The number of aromatic nitrogens is 2. The monoisotopic (exact) mass is 735 g/mol. The minimum absolute atomic E-state index is 0.0690. The van der Waals surface area contributed by atoms with E-state index in [2.05, 4.69) is 15.0 Å². The molecule has 2 aliphatic carbocycles. The summed E-state index contributed by atoms with van der Waals surface area (Å²) in [4.78, 5) is 52.8. The van der Waals surface area contributed by atoms with Gasteiger partial charge in [-0.3, -0.25) is 19.1 Å². The van der Waals surface area contributed by atoms with Crippen LogP contribution in [0.2, 0.25) is 0 Å². The molecule has 278 valence electrons. The van der Waals surface area contributed by atoms with E-state index >= 15 is 0 Å². The third-order valence-electron chi connectivity index (χ3n) is 10.5. The molecule has 2 aromatic heterocycles. The van der Waals surface area contributed by atoms with Gasteiger partial charge in [0, 0.05) is 42.9 Å². The van der Waals surface area contributed by atoms with Crippen LogP contribution in [0, 0.1) is 26.7 Å². The predicted octanol–water partition coefficient (Wildman–Crippen LogP) is 3.80. The number of allylic oxidation sites excluding steroid dienone is 1. The van der Waals surface area contributed by atoms with Gasteiger partial charge in [0.05, 0.1) is 30.1 Å². The van der Waals surface area contributed by atoms with Crippen LogP contribution in [0.1, 0.15) is 69.1 Å². The Morgan fingerprint density at radius 1 is 1.12 bits per heavy atom. The van der Waals surface area contributed by atoms with Crippen molar-refractivity contribution in [1.82, 2.24) is 24.9 Å². The van der Waals surface area contributed by atoms with Crippen molar-refractivity contribution in [2.75, 3.05) is 20.3 Å². The number of hydrogen-bond acceptors (Lipinski definition) is 11. The lowest BCUT2D eigenvalue weighted by Crippen LogP contribution is -2.57. The SMILES string of the molecule is COc1ccc2c(OC3CC4C(=O)NC5(C(=O)NS(=O)(=O)C6CC6)CC5C=CCCCCOC(C)C(=O)N4C3)cc(-c3nc(C)oc3C)nc2c1C. The van der Waals surface area contributed by atoms with Gasteiger partial charge in [-0.05, 0) is 71.4 Å². The summed E-state index contributed by atoms with van der Waals surface area (Å²) in [5.41, 5.74) is 1.07. The first-order chi connectivity index (χ1) is 24.8. The van der Waals surface area contributed by atoms with Gasteiger partial charge in [-0.15, -0.1) is 0 Å². The number of nitrogens with one attached hydrogen (secondary N) is 2. The van der Waals surface area contributed by atoms with Crippen molar-refractivity contribution in [1.29, 1.82) is 0 Å². The molecule has 2 aliphatic heterocycles. The zero-order valence-electron chi connectivity index (χ0n) is 30.1. The molecule has 5 atom stereocenters. The van der Waals surface area contributed by atoms with E-state index in [1.165, 1.54) is 4.90 Å². The largest absolute Gasteiger partial charge is 0.496 e. The fourth-order valence-electron chi connectivity index (χ4n) is 7.30. The maximum atomic E-state index is 14.3. The first-order valence-corrected chi connectivity index (χ1v) is 19.4. The summed E-state index contributed by atoms with van der Waals surface area (Å²) in [7, 11) is -2.27. The number of rotatable bonds is 7. The standard InChI is InChI=1S/C37H45N5O9S/c1-20-30(48-5)14-13-27-31(17-28(39-32(20)27)33-21(2)50-23(4)38-33)51-25-16-29-34(43)40-37(36(45)41-52(46,47)26-11-12-26)18-24(37)10-8-6-7-9-15-49-22(3)35(44)42(29)19-25/h8,10,13-14,17,22,24-26,29H,6-7,9,11-12,15-16,18-19H2,1-5H3,(H,40,43)(H,41,45). The molecule has 0 radical (unpaired) electrons. The van der Waals surface area contributed by atoms with E-state index < -0.39 is 56.8 Å². The highest BCUT2D eigenvalue weighted by Gasteiger charge is 2.62. The van der Waals surface area contributed by atoms with Gasteiger partial charge in [0.15, 0.2) is 5.89 Å². The Hall–Kier alpha value is -4.50. The Morgan fingerprint density at radius 2 is 1.90 bits per heavy atom. The molecule has 15 heteroatoms. The number of carbonyl (C=O) groups is 3. The average Bonchev–Trinajstić information content (AvgIpc) is 4.01. The van der Waals surface area contributed by atoms with Crippen molar-refractivity contribution in [3.8, 4) is 22.9 Å². The fraction of sp³-hybridized carbons (Fsp3) is 0.541. The molecule has 14 nitrogen and oxygen atoms in total. The van der Waals surface area contributed by atoms with Gasteiger partial charge in [0.25, 0.3) is 11.8 Å². The second kappa shape index (κ2) is 13.8. The molecular formula is C37H45N5O9S. The summed E-state index contributed by atoms with van der Waals surface area (Å²) in [5.74, 6) is 0.114. The van der Waals surface area contributed by atoms with E-state index in [9.17, 15) is 22.8 Å². The molecule has 3 fully saturated rings. The number of ether oxygens (including phenoxy) is 3. The third kappa shape index (κ3) is 6.87. The van der Waals surface area contributed by atoms with Crippen molar-refractivity contribution in [3.63, 3.8) is 0 Å². The zero-order chi connectivity index (χ0) is 36.9. The van der Waals surface area contributed by atoms with E-state index in [1.54, 1.807) is 27.0 Å². The Bertz CT molecular complexity index is 2060. The normalized spacial score (nSPS) is 26.9. The zero-order valence-corrected chi connectivity index (χ0v) is 30.9. The second-order valence-electron chi connectivity index (χ2n) is 14.3. The molecule has 52 heavy (non-hydrogen) atoms. The van der Waals surface area contributed by atoms with Crippen molar-refractivity contribution in [2.45, 2.75) is 102 Å². The Labute approximate surface area is 302 Å². The molecule has 1 saturated heterocycles. The van der Waals surface area contributed by atoms with Crippen LogP contribution in [0.15, 0.2) is 34.8 Å². The van der Waals surface area contributed by atoms with Gasteiger partial charge < -0.3 is 28.8 Å². The lowest BCUT2D eigenvalue weighted by Gasteiger charge is -2.28. The highest BCUT2D eigenvalue weighted by Crippen LogP contribution is 2.46. The summed E-state index contributed by atoms with van der Waals surface area (Å²) in [6.07, 6.45) is 5.94. The smallest absolute Gasteiger partial charge is 0.259 e. The Kier molecular flexibility index (Phi) is 9.53. The van der Waals surface area contributed by atoms with Gasteiger partial charge in [-0.1, -0.05) is 12.2 Å². The second-order valence-corrected chi connectivity index (χ2v) is 16.3. The summed E-state index contributed by atoms with van der Waals surface area (Å²) < 4.78 is 51.7. The molecule has 5 unspecified atom stereocenters. The number of hydrogen-bond donors (Lipinski definition) is 2. The van der Waals surface area contributed by atoms with Crippen molar-refractivity contribution in [2.24, 2.45) is 5.92 Å². The third-order valence-corrected chi connectivity index (χ3v) is 12.3. The summed E-state index contributed by atoms with van der Waals surface area (Å²) in [6.45, 7) is 7.58. The van der Waals surface area contributed by atoms with Gasteiger partial charge in [-0.2, -0.15) is 0 Å². The minimum Gasteiger partial charge on any atom is -0.496 e. The molecular weight excluding hydrogens is 690 g/mol. The minimum atomic E-state index is -3.86. The topological polar surface area (TPSA) is 179 Å². The maximum absolute atomic E-state index is 14.3. The van der Waals surface area contributed by atoms with Crippen LogP contribution < -0.4 is 19.5 Å². The highest BCUT2D eigenvalue weighted by molar-refractivity contribution is 7.91. The first-order valence-electron chi connectivity index (χ1n) is 17.9. The lowest BCUT2D eigenvalue weighted by molar-refractivity contribution is -0.147. The van der Waals surface area contributed by atoms with Gasteiger partial charge in [0.1, 0.15) is 46.7 Å². The molecule has 7 rings (SSSR count). The summed E-state index contributed by atoms with van der Waals surface area (Å²) in [6, 6.07) is 4.46. The van der Waals surface area contributed by atoms with Crippen LogP contribution in [-0.4, -0.2) is 90.3 Å². The van der Waals surface area contributed by atoms with Crippen LogP contribution in [0.4, 0.5) is 0 Å². The molecule has 0 bridgehead atoms. The van der Waals surface area contributed by atoms with Crippen molar-refractivity contribution < 1.29 is 41.4 Å². The van der Waals surface area contributed by atoms with Crippen LogP contribution in [0.5, 0.6) is 11.5 Å². The molecule has 4 aliphatic rings. The number of carbonyl (C=O) groups excluding carboxylic acids is 3. The number of benzene rings is 1. The maximum Gasteiger partial charge on any atom is 0.259 e. The highest BCUT2D eigenvalue weighted by atomic mass is 32.2. The quantitative estimate of drug-likeness (QED) is 0.337. The summed E-state index contributed by atoms with van der Waals surface area (Å²) >= 11 is 0. The molecule has 0 spiro atoms. The number of amides is 3. The molecule has 2 saturated carbocycles. The van der Waals surface area contributed by atoms with Crippen LogP contribution >= 0.6 is 0 Å². The van der Waals surface area contributed by atoms with Gasteiger partial charge in [-0.25, -0.2) is 18.4 Å². The number of pyridine rings is 1. The molecule has 1 aromatic carbocycles. The van der Waals surface area contributed by atoms with E-state index in [0.717, 1.165) is 24.8 Å². The Balaban J connectivity index is 1.22. The van der Waals surface area contributed by atoms with Crippen molar-refractivity contribution >= 4 is 38.6 Å². The van der Waals surface area contributed by atoms with E-state index in [-0.39, 0.29) is 25.3 Å². The summed E-state index contributed by atoms with van der Waals surface area (Å²) in [5, 5.41) is 3.00. The molecule has 3 aromatic rings. The number of sulfonamides is 1. The van der Waals surface area contributed by atoms with Gasteiger partial charge in [0.2, 0.25) is 15.9 Å². The van der Waals surface area contributed by atoms with Crippen LogP contribution in [-0.2, 0) is 29.1 Å². The number of fused-ring (bicyclic) bond motifs is 3.